The van der Waals surface area contributed by atoms with Gasteiger partial charge in [-0.3, -0.25) is 0 Å². The number of benzene rings is 1. The van der Waals surface area contributed by atoms with Crippen LogP contribution in [0.25, 0.3) is 0 Å². The van der Waals surface area contributed by atoms with Crippen molar-refractivity contribution in [2.45, 2.75) is 23.2 Å². The second kappa shape index (κ2) is 3.46. The average Bonchev–Trinajstić information content (AvgIpc) is 2.95. The first-order valence-corrected chi connectivity index (χ1v) is 7.02. The fourth-order valence-electron chi connectivity index (χ4n) is 2.07. The lowest BCUT2D eigenvalue weighted by Crippen LogP contribution is -2.22. The van der Waals surface area contributed by atoms with Gasteiger partial charge in [0.15, 0.2) is 9.84 Å². The van der Waals surface area contributed by atoms with Crippen molar-refractivity contribution >= 4 is 9.84 Å². The Bertz CT molecular complexity index is 518. The molecule has 1 aliphatic carbocycles. The van der Waals surface area contributed by atoms with Gasteiger partial charge < -0.3 is 10.8 Å². The summed E-state index contributed by atoms with van der Waals surface area (Å²) < 4.78 is 23.3. The van der Waals surface area contributed by atoms with Gasteiger partial charge in [-0.2, -0.15) is 0 Å². The summed E-state index contributed by atoms with van der Waals surface area (Å²) in [6.45, 7) is 0.416. The third-order valence-corrected chi connectivity index (χ3v) is 4.35. The summed E-state index contributed by atoms with van der Waals surface area (Å²) in [4.78, 5) is 0.0398. The Hall–Kier alpha value is -1.07. The van der Waals surface area contributed by atoms with Gasteiger partial charge in [0.05, 0.1) is 0 Å². The van der Waals surface area contributed by atoms with E-state index in [2.05, 4.69) is 0 Å². The summed E-state index contributed by atoms with van der Waals surface area (Å²) in [5.41, 5.74) is 6.11. The van der Waals surface area contributed by atoms with Crippen LogP contribution in [0.3, 0.4) is 0 Å². The molecule has 16 heavy (non-hydrogen) atoms. The smallest absolute Gasteiger partial charge is 0.179 e. The molecule has 0 spiro atoms. The van der Waals surface area contributed by atoms with E-state index in [0.717, 1.165) is 19.1 Å². The molecule has 0 heterocycles. The number of phenols is 1. The van der Waals surface area contributed by atoms with Gasteiger partial charge in [-0.1, -0.05) is 12.1 Å². The molecule has 5 heteroatoms. The van der Waals surface area contributed by atoms with Crippen LogP contribution in [-0.4, -0.2) is 26.3 Å². The molecule has 0 atom stereocenters. The fourth-order valence-corrected chi connectivity index (χ4v) is 3.20. The lowest BCUT2D eigenvalue weighted by atomic mass is 9.96. The molecular weight excluding hydrogens is 226 g/mol. The molecule has 0 unspecified atom stereocenters. The average molecular weight is 241 g/mol. The minimum Gasteiger partial charge on any atom is -0.507 e. The monoisotopic (exact) mass is 241 g/mol. The number of phenolic OH excluding ortho intramolecular Hbond substituents is 1. The van der Waals surface area contributed by atoms with Gasteiger partial charge in [0.25, 0.3) is 0 Å². The second-order valence-corrected chi connectivity index (χ2v) is 6.36. The van der Waals surface area contributed by atoms with Gasteiger partial charge in [0.1, 0.15) is 10.6 Å². The Morgan fingerprint density at radius 1 is 1.44 bits per heavy atom. The van der Waals surface area contributed by atoms with Gasteiger partial charge in [0.2, 0.25) is 0 Å². The largest absolute Gasteiger partial charge is 0.507 e. The van der Waals surface area contributed by atoms with Crippen LogP contribution in [0.4, 0.5) is 0 Å². The summed E-state index contributed by atoms with van der Waals surface area (Å²) >= 11 is 0. The summed E-state index contributed by atoms with van der Waals surface area (Å²) in [6.07, 6.45) is 2.88. The van der Waals surface area contributed by atoms with Crippen LogP contribution < -0.4 is 5.73 Å². The molecule has 0 bridgehead atoms. The van der Waals surface area contributed by atoms with Crippen LogP contribution in [0.2, 0.25) is 0 Å². The summed E-state index contributed by atoms with van der Waals surface area (Å²) in [7, 11) is -3.42. The number of sulfone groups is 1. The molecule has 1 fully saturated rings. The third kappa shape index (κ3) is 1.70. The number of rotatable bonds is 3. The van der Waals surface area contributed by atoms with Crippen molar-refractivity contribution in [1.29, 1.82) is 0 Å². The third-order valence-electron chi connectivity index (χ3n) is 3.18. The summed E-state index contributed by atoms with van der Waals surface area (Å²) in [5, 5.41) is 9.69. The van der Waals surface area contributed by atoms with Crippen LogP contribution >= 0.6 is 0 Å². The Kier molecular flexibility index (Phi) is 2.47. The van der Waals surface area contributed by atoms with E-state index in [1.54, 1.807) is 12.1 Å². The maximum Gasteiger partial charge on any atom is 0.179 e. The van der Waals surface area contributed by atoms with Crippen molar-refractivity contribution in [2.75, 3.05) is 12.8 Å². The van der Waals surface area contributed by atoms with Crippen LogP contribution in [0, 0.1) is 0 Å². The first-order chi connectivity index (χ1) is 7.41. The molecule has 0 saturated heterocycles. The topological polar surface area (TPSA) is 80.4 Å². The van der Waals surface area contributed by atoms with Gasteiger partial charge in [-0.05, 0) is 24.5 Å². The van der Waals surface area contributed by atoms with E-state index in [0.29, 0.717) is 12.1 Å². The molecule has 0 aromatic heterocycles. The number of hydrogen-bond donors (Lipinski definition) is 2. The van der Waals surface area contributed by atoms with Crippen molar-refractivity contribution in [3.05, 3.63) is 23.8 Å². The zero-order chi connectivity index (χ0) is 12.0. The first kappa shape index (κ1) is 11.4. The van der Waals surface area contributed by atoms with Gasteiger partial charge in [-0.25, -0.2) is 8.42 Å². The lowest BCUT2D eigenvalue weighted by molar-refractivity contribution is 0.454. The van der Waals surface area contributed by atoms with Gasteiger partial charge in [-0.15, -0.1) is 0 Å². The molecule has 0 amide bonds. The maximum atomic E-state index is 11.7. The number of nitrogens with two attached hydrogens (primary N) is 1. The van der Waals surface area contributed by atoms with E-state index in [-0.39, 0.29) is 16.1 Å². The number of hydrogen-bond acceptors (Lipinski definition) is 4. The summed E-state index contributed by atoms with van der Waals surface area (Å²) in [6, 6.07) is 4.80. The van der Waals surface area contributed by atoms with Gasteiger partial charge >= 0.3 is 0 Å². The highest BCUT2D eigenvalue weighted by Gasteiger charge is 2.46. The van der Waals surface area contributed by atoms with Crippen molar-refractivity contribution in [3.8, 4) is 5.75 Å². The van der Waals surface area contributed by atoms with Crippen LogP contribution in [0.1, 0.15) is 18.4 Å². The van der Waals surface area contributed by atoms with Crippen molar-refractivity contribution in [2.24, 2.45) is 5.73 Å². The predicted octanol–water partition coefficient (Wildman–Crippen LogP) is 0.786. The highest BCUT2D eigenvalue weighted by atomic mass is 32.2. The SMILES string of the molecule is CS(=O)(=O)c1c(O)cccc1C1(CN)CC1. The standard InChI is InChI=1S/C11H15NO3S/c1-16(14,15)10-8(3-2-4-9(10)13)11(7-12)5-6-11/h2-4,13H,5-7,12H2,1H3. The van der Waals surface area contributed by atoms with E-state index in [1.165, 1.54) is 6.07 Å². The molecule has 88 valence electrons. The highest BCUT2D eigenvalue weighted by molar-refractivity contribution is 7.90. The minimum absolute atomic E-state index is 0.0398. The number of aromatic hydroxyl groups is 1. The molecule has 0 radical (unpaired) electrons. The summed E-state index contributed by atoms with van der Waals surface area (Å²) in [5.74, 6) is -0.181. The van der Waals surface area contributed by atoms with E-state index in [1.807, 2.05) is 0 Å². The Morgan fingerprint density at radius 2 is 2.06 bits per heavy atom. The molecule has 2 rings (SSSR count). The molecule has 1 aromatic rings. The van der Waals surface area contributed by atoms with Crippen molar-refractivity contribution in [3.63, 3.8) is 0 Å². The van der Waals surface area contributed by atoms with E-state index >= 15 is 0 Å². The predicted molar refractivity (Wildman–Crippen MR) is 61.2 cm³/mol. The van der Waals surface area contributed by atoms with Gasteiger partial charge in [0, 0.05) is 18.2 Å². The fraction of sp³-hybridized carbons (Fsp3) is 0.455. The lowest BCUT2D eigenvalue weighted by Gasteiger charge is -2.17. The molecule has 1 aliphatic rings. The Morgan fingerprint density at radius 3 is 2.50 bits per heavy atom. The quantitative estimate of drug-likeness (QED) is 0.819. The van der Waals surface area contributed by atoms with E-state index in [4.69, 9.17) is 5.73 Å². The van der Waals surface area contributed by atoms with Crippen molar-refractivity contribution in [1.82, 2.24) is 0 Å². The first-order valence-electron chi connectivity index (χ1n) is 5.13. The molecular formula is C11H15NO3S. The van der Waals surface area contributed by atoms with E-state index < -0.39 is 9.84 Å². The normalized spacial score (nSPS) is 18.4. The molecule has 3 N–H and O–H groups in total. The molecule has 1 saturated carbocycles. The zero-order valence-electron chi connectivity index (χ0n) is 9.10. The van der Waals surface area contributed by atoms with E-state index in [9.17, 15) is 13.5 Å². The molecule has 0 aliphatic heterocycles. The second-order valence-electron chi connectivity index (χ2n) is 4.41. The zero-order valence-corrected chi connectivity index (χ0v) is 9.92. The molecule has 1 aromatic carbocycles. The van der Waals surface area contributed by atoms with Crippen LogP contribution in [0.5, 0.6) is 5.75 Å². The van der Waals surface area contributed by atoms with Crippen molar-refractivity contribution < 1.29 is 13.5 Å². The molecule has 4 nitrogen and oxygen atoms in total. The Labute approximate surface area is 95.0 Å². The maximum absolute atomic E-state index is 11.7. The minimum atomic E-state index is -3.42. The van der Waals surface area contributed by atoms with Crippen LogP contribution in [-0.2, 0) is 15.3 Å². The highest BCUT2D eigenvalue weighted by Crippen LogP contribution is 2.50. The van der Waals surface area contributed by atoms with Crippen LogP contribution in [0.15, 0.2) is 23.1 Å². The Balaban J connectivity index is 2.67.